The number of benzene rings is 1. The van der Waals surface area contributed by atoms with Gasteiger partial charge in [0.15, 0.2) is 5.75 Å². The molecule has 2 aromatic rings. The highest BCUT2D eigenvalue weighted by molar-refractivity contribution is 5.83. The first kappa shape index (κ1) is 14.1. The molecule has 1 aromatic heterocycles. The molecule has 0 aliphatic heterocycles. The van der Waals surface area contributed by atoms with Crippen LogP contribution in [-0.2, 0) is 4.79 Å². The number of nitrogen functional groups attached to an aromatic ring is 1. The van der Waals surface area contributed by atoms with Crippen molar-refractivity contribution in [1.29, 1.82) is 0 Å². The second kappa shape index (κ2) is 5.74. The van der Waals surface area contributed by atoms with Gasteiger partial charge in [0.1, 0.15) is 0 Å². The van der Waals surface area contributed by atoms with Gasteiger partial charge in [-0.05, 0) is 37.1 Å². The number of rotatable bonds is 3. The minimum absolute atomic E-state index is 0.299. The number of carbonyl (C=O) groups is 1. The smallest absolute Gasteiger partial charge is 0.310 e. The summed E-state index contributed by atoms with van der Waals surface area (Å²) in [5.74, 6) is 0.126. The van der Waals surface area contributed by atoms with Gasteiger partial charge in [0.05, 0.1) is 5.69 Å². The summed E-state index contributed by atoms with van der Waals surface area (Å²) < 4.78 is 5.39. The van der Waals surface area contributed by atoms with Gasteiger partial charge in [-0.25, -0.2) is 0 Å². The largest absolute Gasteiger partial charge is 0.424 e. The number of hydrogen-bond acceptors (Lipinski definition) is 4. The van der Waals surface area contributed by atoms with Gasteiger partial charge in [0.2, 0.25) is 0 Å². The molecule has 0 fully saturated rings. The molecule has 104 valence electrons. The molecule has 0 bridgehead atoms. The third-order valence-electron chi connectivity index (χ3n) is 3.30. The average molecular weight is 270 g/mol. The van der Waals surface area contributed by atoms with Crippen LogP contribution < -0.4 is 10.5 Å². The zero-order valence-corrected chi connectivity index (χ0v) is 11.9. The summed E-state index contributed by atoms with van der Waals surface area (Å²) in [5, 5.41) is 0. The van der Waals surface area contributed by atoms with E-state index in [2.05, 4.69) is 4.98 Å². The van der Waals surface area contributed by atoms with Crippen LogP contribution in [0.25, 0.3) is 11.1 Å². The molecule has 1 heterocycles. The van der Waals surface area contributed by atoms with Crippen molar-refractivity contribution in [3.05, 3.63) is 41.7 Å². The highest BCUT2D eigenvalue weighted by Crippen LogP contribution is 2.37. The highest BCUT2D eigenvalue weighted by atomic mass is 16.5. The molecule has 2 N–H and O–H groups in total. The molecule has 20 heavy (non-hydrogen) atoms. The minimum Gasteiger partial charge on any atom is -0.424 e. The molecular weight excluding hydrogens is 252 g/mol. The number of ether oxygens (including phenoxy) is 1. The quantitative estimate of drug-likeness (QED) is 0.528. The molecule has 0 amide bonds. The van der Waals surface area contributed by atoms with Crippen LogP contribution in [0.4, 0.5) is 5.69 Å². The van der Waals surface area contributed by atoms with Gasteiger partial charge in [0.25, 0.3) is 0 Å². The zero-order chi connectivity index (χ0) is 14.7. The van der Waals surface area contributed by atoms with Crippen molar-refractivity contribution < 1.29 is 9.53 Å². The lowest BCUT2D eigenvalue weighted by atomic mass is 9.99. The number of anilines is 1. The molecule has 1 aromatic carbocycles. The summed E-state index contributed by atoms with van der Waals surface area (Å²) in [6, 6.07) is 7.38. The van der Waals surface area contributed by atoms with E-state index >= 15 is 0 Å². The number of nitrogens with zero attached hydrogens (tertiary/aromatic N) is 1. The molecule has 2 rings (SSSR count). The Morgan fingerprint density at radius 1 is 1.25 bits per heavy atom. The lowest BCUT2D eigenvalue weighted by Gasteiger charge is -2.14. The number of carbonyl (C=O) groups excluding carboxylic acids is 1. The number of para-hydroxylation sites is 1. The first-order valence-electron chi connectivity index (χ1n) is 6.56. The van der Waals surface area contributed by atoms with Crippen molar-refractivity contribution in [3.8, 4) is 16.9 Å². The predicted octanol–water partition coefficient (Wildman–Crippen LogP) is 3.26. The lowest BCUT2D eigenvalue weighted by Crippen LogP contribution is -2.08. The zero-order valence-electron chi connectivity index (χ0n) is 11.9. The molecule has 4 nitrogen and oxygen atoms in total. The number of nitrogens with two attached hydrogens (primary N) is 1. The third kappa shape index (κ3) is 2.64. The van der Waals surface area contributed by atoms with Crippen molar-refractivity contribution in [2.75, 3.05) is 5.73 Å². The summed E-state index contributed by atoms with van der Waals surface area (Å²) >= 11 is 0. The molecule has 0 aliphatic carbocycles. The van der Waals surface area contributed by atoms with E-state index in [1.54, 1.807) is 19.2 Å². The first-order valence-corrected chi connectivity index (χ1v) is 6.56. The van der Waals surface area contributed by atoms with Crippen LogP contribution in [0.5, 0.6) is 5.75 Å². The molecule has 0 aliphatic rings. The van der Waals surface area contributed by atoms with Crippen LogP contribution in [-0.4, -0.2) is 11.0 Å². The molecule has 0 unspecified atom stereocenters. The maximum atomic E-state index is 11.6. The Bertz CT molecular complexity index is 651. The summed E-state index contributed by atoms with van der Waals surface area (Å²) in [6.45, 7) is 5.69. The van der Waals surface area contributed by atoms with Crippen molar-refractivity contribution in [3.63, 3.8) is 0 Å². The van der Waals surface area contributed by atoms with Crippen LogP contribution >= 0.6 is 0 Å². The molecule has 0 atom stereocenters. The standard InChI is InChI=1S/C16H18N2O2/c1-4-15(19)20-16-13(6-5-7-14(16)17)12-8-9-18-11(3)10(12)2/h5-9H,4,17H2,1-3H3. The van der Waals surface area contributed by atoms with Gasteiger partial charge in [-0.1, -0.05) is 19.1 Å². The van der Waals surface area contributed by atoms with Gasteiger partial charge >= 0.3 is 5.97 Å². The number of aromatic nitrogens is 1. The molecule has 0 saturated carbocycles. The van der Waals surface area contributed by atoms with Crippen LogP contribution in [0.15, 0.2) is 30.5 Å². The van der Waals surface area contributed by atoms with Gasteiger partial charge in [0, 0.05) is 23.9 Å². The van der Waals surface area contributed by atoms with Gasteiger partial charge in [-0.2, -0.15) is 0 Å². The van der Waals surface area contributed by atoms with Crippen molar-refractivity contribution in [2.24, 2.45) is 0 Å². The Morgan fingerprint density at radius 3 is 2.70 bits per heavy atom. The third-order valence-corrected chi connectivity index (χ3v) is 3.30. The fourth-order valence-electron chi connectivity index (χ4n) is 2.00. The fourth-order valence-corrected chi connectivity index (χ4v) is 2.00. The predicted molar refractivity (Wildman–Crippen MR) is 79.5 cm³/mol. The molecular formula is C16H18N2O2. The summed E-state index contributed by atoms with van der Waals surface area (Å²) in [5.41, 5.74) is 10.2. The van der Waals surface area contributed by atoms with E-state index in [1.807, 2.05) is 32.0 Å². The summed E-state index contributed by atoms with van der Waals surface area (Å²) in [7, 11) is 0. The van der Waals surface area contributed by atoms with Gasteiger partial charge in [-0.3, -0.25) is 9.78 Å². The maximum absolute atomic E-state index is 11.6. The van der Waals surface area contributed by atoms with E-state index in [-0.39, 0.29) is 5.97 Å². The SMILES string of the molecule is CCC(=O)Oc1c(N)cccc1-c1ccnc(C)c1C. The number of hydrogen-bond donors (Lipinski definition) is 1. The van der Waals surface area contributed by atoms with Crippen LogP contribution in [0, 0.1) is 13.8 Å². The Hall–Kier alpha value is -2.36. The van der Waals surface area contributed by atoms with Crippen molar-refractivity contribution in [2.45, 2.75) is 27.2 Å². The number of pyridine rings is 1. The van der Waals surface area contributed by atoms with E-state index in [0.29, 0.717) is 17.9 Å². The highest BCUT2D eigenvalue weighted by Gasteiger charge is 2.15. The molecule has 4 heteroatoms. The molecule has 0 saturated heterocycles. The fraction of sp³-hybridized carbons (Fsp3) is 0.250. The Labute approximate surface area is 118 Å². The number of aryl methyl sites for hydroxylation is 1. The monoisotopic (exact) mass is 270 g/mol. The Balaban J connectivity index is 2.59. The normalized spacial score (nSPS) is 10.3. The van der Waals surface area contributed by atoms with Crippen molar-refractivity contribution >= 4 is 11.7 Å². The summed E-state index contributed by atoms with van der Waals surface area (Å²) in [6.07, 6.45) is 2.05. The second-order valence-electron chi connectivity index (χ2n) is 4.62. The van der Waals surface area contributed by atoms with Crippen LogP contribution in [0.1, 0.15) is 24.6 Å². The van der Waals surface area contributed by atoms with Gasteiger partial charge < -0.3 is 10.5 Å². The van der Waals surface area contributed by atoms with E-state index in [4.69, 9.17) is 10.5 Å². The van der Waals surface area contributed by atoms with Crippen LogP contribution in [0.2, 0.25) is 0 Å². The van der Waals surface area contributed by atoms with E-state index in [9.17, 15) is 4.79 Å². The maximum Gasteiger partial charge on any atom is 0.310 e. The van der Waals surface area contributed by atoms with E-state index in [0.717, 1.165) is 22.4 Å². The molecule has 0 radical (unpaired) electrons. The average Bonchev–Trinajstić information content (AvgIpc) is 2.44. The van der Waals surface area contributed by atoms with Crippen LogP contribution in [0.3, 0.4) is 0 Å². The second-order valence-corrected chi connectivity index (χ2v) is 4.62. The van der Waals surface area contributed by atoms with E-state index < -0.39 is 0 Å². The minimum atomic E-state index is -0.299. The lowest BCUT2D eigenvalue weighted by molar-refractivity contribution is -0.133. The summed E-state index contributed by atoms with van der Waals surface area (Å²) in [4.78, 5) is 15.8. The van der Waals surface area contributed by atoms with Crippen molar-refractivity contribution in [1.82, 2.24) is 4.98 Å². The van der Waals surface area contributed by atoms with Gasteiger partial charge in [-0.15, -0.1) is 0 Å². The number of esters is 1. The first-order chi connectivity index (χ1) is 9.54. The Kier molecular flexibility index (Phi) is 4.03. The van der Waals surface area contributed by atoms with E-state index in [1.165, 1.54) is 0 Å². The Morgan fingerprint density at radius 2 is 2.00 bits per heavy atom. The molecule has 0 spiro atoms. The topological polar surface area (TPSA) is 65.2 Å².